The van der Waals surface area contributed by atoms with E-state index in [1.54, 1.807) is 36.5 Å². The number of hydrogen-bond acceptors (Lipinski definition) is 7. The van der Waals surface area contributed by atoms with E-state index in [0.717, 1.165) is 31.6 Å². The minimum absolute atomic E-state index is 0.124. The highest BCUT2D eigenvalue weighted by molar-refractivity contribution is 5.70. The first kappa shape index (κ1) is 44.8. The van der Waals surface area contributed by atoms with E-state index in [9.17, 15) is 24.9 Å². The molecule has 0 bridgehead atoms. The van der Waals surface area contributed by atoms with Gasteiger partial charge in [0.15, 0.2) is 6.10 Å². The summed E-state index contributed by atoms with van der Waals surface area (Å²) in [5.41, 5.74) is 0. The van der Waals surface area contributed by atoms with E-state index in [4.69, 9.17) is 9.47 Å². The maximum atomic E-state index is 12.1. The minimum Gasteiger partial charge on any atom is -0.462 e. The Hall–Kier alpha value is -2.22. The number of ether oxygens (including phenoxy) is 2. The van der Waals surface area contributed by atoms with Gasteiger partial charge in [0.1, 0.15) is 6.61 Å². The second-order valence-corrected chi connectivity index (χ2v) is 13.2. The van der Waals surface area contributed by atoms with Crippen LogP contribution in [0.3, 0.4) is 0 Å². The van der Waals surface area contributed by atoms with Crippen LogP contribution in [0.25, 0.3) is 0 Å². The molecule has 0 aromatic carbocycles. The zero-order chi connectivity index (χ0) is 34.8. The van der Waals surface area contributed by atoms with Crippen LogP contribution in [0, 0.1) is 5.92 Å². The Morgan fingerprint density at radius 1 is 0.638 bits per heavy atom. The molecule has 0 heterocycles. The van der Waals surface area contributed by atoms with Crippen LogP contribution in [0.5, 0.6) is 0 Å². The molecule has 0 saturated carbocycles. The molecule has 272 valence electrons. The molecule has 0 aromatic rings. The predicted octanol–water partition coefficient (Wildman–Crippen LogP) is 9.25. The van der Waals surface area contributed by atoms with Gasteiger partial charge in [-0.3, -0.25) is 9.59 Å². The molecule has 0 unspecified atom stereocenters. The Labute approximate surface area is 287 Å². The van der Waals surface area contributed by atoms with Gasteiger partial charge in [-0.25, -0.2) is 0 Å². The Bertz CT molecular complexity index is 846. The summed E-state index contributed by atoms with van der Waals surface area (Å²) in [6.45, 7) is 6.18. The molecule has 0 rings (SSSR count). The van der Waals surface area contributed by atoms with Crippen molar-refractivity contribution in [2.45, 2.75) is 174 Å². The largest absolute Gasteiger partial charge is 0.462 e. The van der Waals surface area contributed by atoms with Crippen LogP contribution in [0.15, 0.2) is 48.6 Å². The lowest BCUT2D eigenvalue weighted by Crippen LogP contribution is -2.28. The Kier molecular flexibility index (Phi) is 32.1. The van der Waals surface area contributed by atoms with E-state index < -0.39 is 30.9 Å². The first-order valence-electron chi connectivity index (χ1n) is 18.8. The summed E-state index contributed by atoms with van der Waals surface area (Å²) in [6.07, 6.45) is 33.7. The molecule has 0 saturated heterocycles. The van der Waals surface area contributed by atoms with Crippen molar-refractivity contribution in [1.82, 2.24) is 0 Å². The Balaban J connectivity index is 3.86. The Morgan fingerprint density at radius 3 is 1.81 bits per heavy atom. The molecule has 0 aliphatic rings. The van der Waals surface area contributed by atoms with Crippen molar-refractivity contribution in [3.05, 3.63) is 48.6 Å². The lowest BCUT2D eigenvalue weighted by Gasteiger charge is -2.16. The van der Waals surface area contributed by atoms with Crippen LogP contribution in [-0.2, 0) is 19.1 Å². The number of carbonyl (C=O) groups is 2. The third kappa shape index (κ3) is 33.5. The van der Waals surface area contributed by atoms with Crippen LogP contribution in [0.2, 0.25) is 0 Å². The summed E-state index contributed by atoms with van der Waals surface area (Å²) in [5.74, 6) is -0.0160. The normalized spacial score (nSPS) is 14.2. The highest BCUT2D eigenvalue weighted by atomic mass is 16.6. The predicted molar refractivity (Wildman–Crippen MR) is 194 cm³/mol. The topological polar surface area (TPSA) is 113 Å². The summed E-state index contributed by atoms with van der Waals surface area (Å²) in [6, 6.07) is 0. The first-order chi connectivity index (χ1) is 22.8. The maximum absolute atomic E-state index is 12.1. The van der Waals surface area contributed by atoms with Gasteiger partial charge in [-0.1, -0.05) is 153 Å². The summed E-state index contributed by atoms with van der Waals surface area (Å²) in [5, 5.41) is 29.6. The van der Waals surface area contributed by atoms with Crippen molar-refractivity contribution in [3.8, 4) is 0 Å². The van der Waals surface area contributed by atoms with E-state index in [1.165, 1.54) is 77.0 Å². The van der Waals surface area contributed by atoms with Crippen LogP contribution in [0.1, 0.15) is 156 Å². The van der Waals surface area contributed by atoms with Crippen molar-refractivity contribution in [3.63, 3.8) is 0 Å². The van der Waals surface area contributed by atoms with Gasteiger partial charge in [-0.05, 0) is 44.4 Å². The standard InChI is InChI=1S/C40H70O7/c1-4-5-6-7-16-21-27-36(42)28-22-18-19-23-29-37(43)30-25-32-39(44)46-34-38(33-41)47-40(45)31-24-17-14-12-10-8-9-11-13-15-20-26-35(2)3/h16,18-19,21-23,28-29,35-38,41-43H,4-15,17,20,24-27,30-34H2,1-3H3/b19-18+,21-16-,28-22+,29-23-/t36-,37-,38+/m1/s1. The molecule has 0 radical (unpaired) electrons. The van der Waals surface area contributed by atoms with E-state index in [0.29, 0.717) is 25.7 Å². The van der Waals surface area contributed by atoms with Gasteiger partial charge >= 0.3 is 11.9 Å². The Morgan fingerprint density at radius 2 is 1.21 bits per heavy atom. The molecule has 0 fully saturated rings. The average Bonchev–Trinajstić information content (AvgIpc) is 3.04. The third-order valence-corrected chi connectivity index (χ3v) is 7.99. The summed E-state index contributed by atoms with van der Waals surface area (Å²) in [4.78, 5) is 24.2. The van der Waals surface area contributed by atoms with Gasteiger partial charge in [0.05, 0.1) is 18.8 Å². The van der Waals surface area contributed by atoms with E-state index >= 15 is 0 Å². The molecule has 0 amide bonds. The van der Waals surface area contributed by atoms with Gasteiger partial charge < -0.3 is 24.8 Å². The van der Waals surface area contributed by atoms with Gasteiger partial charge in [-0.2, -0.15) is 0 Å². The number of aliphatic hydroxyl groups excluding tert-OH is 3. The number of allylic oxidation sites excluding steroid dienone is 5. The second-order valence-electron chi connectivity index (χ2n) is 13.2. The molecule has 7 nitrogen and oxygen atoms in total. The van der Waals surface area contributed by atoms with Crippen LogP contribution in [0.4, 0.5) is 0 Å². The third-order valence-electron chi connectivity index (χ3n) is 7.99. The first-order valence-corrected chi connectivity index (χ1v) is 18.8. The number of unbranched alkanes of at least 4 members (excludes halogenated alkanes) is 13. The maximum Gasteiger partial charge on any atom is 0.306 e. The van der Waals surface area contributed by atoms with Crippen LogP contribution in [-0.4, -0.2) is 58.8 Å². The van der Waals surface area contributed by atoms with Crippen LogP contribution < -0.4 is 0 Å². The molecule has 3 N–H and O–H groups in total. The second kappa shape index (κ2) is 33.7. The molecular formula is C40H70O7. The van der Waals surface area contributed by atoms with Gasteiger partial charge in [0, 0.05) is 12.8 Å². The molecule has 0 aliphatic carbocycles. The minimum atomic E-state index is -0.862. The van der Waals surface area contributed by atoms with Crippen LogP contribution >= 0.6 is 0 Å². The van der Waals surface area contributed by atoms with Gasteiger partial charge in [0.2, 0.25) is 0 Å². The zero-order valence-electron chi connectivity index (χ0n) is 30.2. The molecular weight excluding hydrogens is 592 g/mol. The lowest BCUT2D eigenvalue weighted by molar-refractivity contribution is -0.161. The van der Waals surface area contributed by atoms with Crippen molar-refractivity contribution in [1.29, 1.82) is 0 Å². The molecule has 0 aliphatic heterocycles. The number of carbonyl (C=O) groups excluding carboxylic acids is 2. The van der Waals surface area contributed by atoms with Crippen molar-refractivity contribution >= 4 is 11.9 Å². The highest BCUT2D eigenvalue weighted by Crippen LogP contribution is 2.14. The van der Waals surface area contributed by atoms with E-state index in [1.807, 2.05) is 6.08 Å². The molecule has 3 atom stereocenters. The van der Waals surface area contributed by atoms with E-state index in [-0.39, 0.29) is 19.0 Å². The monoisotopic (exact) mass is 663 g/mol. The van der Waals surface area contributed by atoms with Crippen molar-refractivity contribution in [2.24, 2.45) is 5.92 Å². The zero-order valence-corrected chi connectivity index (χ0v) is 30.2. The molecule has 7 heteroatoms. The smallest absolute Gasteiger partial charge is 0.306 e. The highest BCUT2D eigenvalue weighted by Gasteiger charge is 2.16. The average molecular weight is 663 g/mol. The summed E-state index contributed by atoms with van der Waals surface area (Å²) < 4.78 is 10.5. The van der Waals surface area contributed by atoms with Gasteiger partial charge in [0.25, 0.3) is 0 Å². The quantitative estimate of drug-likeness (QED) is 0.0285. The molecule has 0 aromatic heterocycles. The number of esters is 2. The lowest BCUT2D eigenvalue weighted by atomic mass is 10.0. The SMILES string of the molecule is CCCCC/C=C\C[C@@H](O)/C=C/C=C/C=C\[C@@H](O)CCCC(=O)OC[C@H](CO)OC(=O)CCCCCCCCCCCCCC(C)C. The fourth-order valence-corrected chi connectivity index (χ4v) is 5.05. The fourth-order valence-electron chi connectivity index (χ4n) is 5.05. The van der Waals surface area contributed by atoms with Crippen molar-refractivity contribution < 1.29 is 34.4 Å². The van der Waals surface area contributed by atoms with Gasteiger partial charge in [-0.15, -0.1) is 0 Å². The van der Waals surface area contributed by atoms with E-state index in [2.05, 4.69) is 26.8 Å². The molecule has 47 heavy (non-hydrogen) atoms. The summed E-state index contributed by atoms with van der Waals surface area (Å²) >= 11 is 0. The molecule has 0 spiro atoms. The fraction of sp³-hybridized carbons (Fsp3) is 0.750. The number of rotatable bonds is 32. The number of aliphatic hydroxyl groups is 3. The number of hydrogen-bond donors (Lipinski definition) is 3. The summed E-state index contributed by atoms with van der Waals surface area (Å²) in [7, 11) is 0. The van der Waals surface area contributed by atoms with Crippen molar-refractivity contribution in [2.75, 3.05) is 13.2 Å².